The fourth-order valence-electron chi connectivity index (χ4n) is 3.97. The van der Waals surface area contributed by atoms with Crippen molar-refractivity contribution in [1.29, 1.82) is 0 Å². The number of nitrogens with zero attached hydrogens (tertiary/aromatic N) is 2. The normalized spacial score (nSPS) is 17.0. The van der Waals surface area contributed by atoms with Gasteiger partial charge in [-0.15, -0.1) is 0 Å². The maximum absolute atomic E-state index is 12.6. The Morgan fingerprint density at radius 2 is 1.52 bits per heavy atom. The van der Waals surface area contributed by atoms with Crippen molar-refractivity contribution in [3.63, 3.8) is 0 Å². The lowest BCUT2D eigenvalue weighted by Gasteiger charge is -2.32. The summed E-state index contributed by atoms with van der Waals surface area (Å²) in [5.41, 5.74) is 1.96. The third-order valence-electron chi connectivity index (χ3n) is 5.65. The number of imide groups is 1. The maximum atomic E-state index is 12.6. The number of fused-ring (bicyclic) bond motifs is 1. The Morgan fingerprint density at radius 1 is 0.931 bits per heavy atom. The molecule has 150 valence electrons. The van der Waals surface area contributed by atoms with Crippen LogP contribution < -0.4 is 4.90 Å². The van der Waals surface area contributed by atoms with Crippen LogP contribution in [0.5, 0.6) is 0 Å². The van der Waals surface area contributed by atoms with Crippen LogP contribution in [0.4, 0.5) is 0 Å². The van der Waals surface area contributed by atoms with Crippen LogP contribution in [0.15, 0.2) is 48.5 Å². The fraction of sp³-hybridized carbons (Fsp3) is 0.318. The molecule has 0 aliphatic carbocycles. The molecule has 0 atom stereocenters. The van der Waals surface area contributed by atoms with E-state index in [9.17, 15) is 14.4 Å². The standard InChI is InChI=1S/C22H22ClN3O3/c23-19-8-4-1-5-16(19)15-24-11-13-25(14-12-24)20(27)9-10-26-21(28)17-6-2-3-7-18(17)22(26)29/h1-8H,9-15H2/p+1. The van der Waals surface area contributed by atoms with Gasteiger partial charge in [0.05, 0.1) is 37.3 Å². The molecule has 1 fully saturated rings. The molecule has 6 nitrogen and oxygen atoms in total. The number of nitrogens with one attached hydrogen (secondary N) is 1. The van der Waals surface area contributed by atoms with Crippen molar-refractivity contribution in [1.82, 2.24) is 9.80 Å². The molecule has 2 aromatic carbocycles. The molecule has 2 aromatic rings. The summed E-state index contributed by atoms with van der Waals surface area (Å²) in [7, 11) is 0. The molecule has 4 rings (SSSR count). The van der Waals surface area contributed by atoms with E-state index in [-0.39, 0.29) is 30.7 Å². The van der Waals surface area contributed by atoms with Gasteiger partial charge in [0.1, 0.15) is 6.54 Å². The SMILES string of the molecule is O=C(CCN1C(=O)c2ccccc2C1=O)N1CC[NH+](Cc2ccccc2Cl)CC1. The number of rotatable bonds is 5. The number of hydrogen-bond acceptors (Lipinski definition) is 3. The van der Waals surface area contributed by atoms with Gasteiger partial charge < -0.3 is 9.80 Å². The molecule has 0 aromatic heterocycles. The average molecular weight is 413 g/mol. The summed E-state index contributed by atoms with van der Waals surface area (Å²) in [6, 6.07) is 14.6. The Bertz CT molecular complexity index is 919. The van der Waals surface area contributed by atoms with Crippen molar-refractivity contribution in [3.05, 3.63) is 70.2 Å². The quantitative estimate of drug-likeness (QED) is 0.752. The third kappa shape index (κ3) is 4.04. The fourth-order valence-corrected chi connectivity index (χ4v) is 4.17. The van der Waals surface area contributed by atoms with Crippen LogP contribution in [-0.4, -0.2) is 60.2 Å². The molecule has 2 aliphatic rings. The molecule has 0 spiro atoms. The highest BCUT2D eigenvalue weighted by molar-refractivity contribution is 6.31. The van der Waals surface area contributed by atoms with E-state index in [1.807, 2.05) is 29.2 Å². The molecule has 0 bridgehead atoms. The second-order valence-electron chi connectivity index (χ2n) is 7.46. The van der Waals surface area contributed by atoms with Crippen molar-refractivity contribution >= 4 is 29.3 Å². The highest BCUT2D eigenvalue weighted by Crippen LogP contribution is 2.22. The molecular formula is C22H23ClN3O3+. The molecule has 0 unspecified atom stereocenters. The highest BCUT2D eigenvalue weighted by Gasteiger charge is 2.35. The lowest BCUT2D eigenvalue weighted by atomic mass is 10.1. The zero-order valence-corrected chi connectivity index (χ0v) is 16.8. The molecule has 0 radical (unpaired) electrons. The zero-order valence-electron chi connectivity index (χ0n) is 16.1. The number of hydrogen-bond donors (Lipinski definition) is 1. The second-order valence-corrected chi connectivity index (χ2v) is 7.86. The zero-order chi connectivity index (χ0) is 20.4. The summed E-state index contributed by atoms with van der Waals surface area (Å²) in [6.45, 7) is 4.00. The van der Waals surface area contributed by atoms with E-state index in [4.69, 9.17) is 11.6 Å². The smallest absolute Gasteiger partial charge is 0.261 e. The predicted octanol–water partition coefficient (Wildman–Crippen LogP) is 1.25. The van der Waals surface area contributed by atoms with Crippen LogP contribution in [-0.2, 0) is 11.3 Å². The number of halogens is 1. The topological polar surface area (TPSA) is 62.1 Å². The van der Waals surface area contributed by atoms with Crippen molar-refractivity contribution < 1.29 is 19.3 Å². The van der Waals surface area contributed by atoms with Crippen molar-refractivity contribution in [3.8, 4) is 0 Å². The molecule has 7 heteroatoms. The minimum absolute atomic E-state index is 0.0154. The van der Waals surface area contributed by atoms with Crippen LogP contribution >= 0.6 is 11.6 Å². The van der Waals surface area contributed by atoms with Crippen LogP contribution in [0.2, 0.25) is 5.02 Å². The van der Waals surface area contributed by atoms with Gasteiger partial charge in [0.15, 0.2) is 0 Å². The summed E-state index contributed by atoms with van der Waals surface area (Å²) < 4.78 is 0. The van der Waals surface area contributed by atoms with Crippen molar-refractivity contribution in [2.24, 2.45) is 0 Å². The van der Waals surface area contributed by atoms with Gasteiger partial charge in [-0.3, -0.25) is 19.3 Å². The molecule has 0 saturated carbocycles. The maximum Gasteiger partial charge on any atom is 0.261 e. The van der Waals surface area contributed by atoms with Crippen LogP contribution in [0, 0.1) is 0 Å². The number of carbonyl (C=O) groups is 3. The van der Waals surface area contributed by atoms with Gasteiger partial charge in [-0.05, 0) is 18.2 Å². The van der Waals surface area contributed by atoms with Crippen LogP contribution in [0.1, 0.15) is 32.7 Å². The molecule has 29 heavy (non-hydrogen) atoms. The lowest BCUT2D eigenvalue weighted by Crippen LogP contribution is -3.13. The highest BCUT2D eigenvalue weighted by atomic mass is 35.5. The van der Waals surface area contributed by atoms with Gasteiger partial charge >= 0.3 is 0 Å². The molecule has 3 amide bonds. The van der Waals surface area contributed by atoms with Crippen molar-refractivity contribution in [2.75, 3.05) is 32.7 Å². The minimum Gasteiger partial charge on any atom is -0.331 e. The molecule has 2 heterocycles. The van der Waals surface area contributed by atoms with Gasteiger partial charge in [-0.2, -0.15) is 0 Å². The van der Waals surface area contributed by atoms with Gasteiger partial charge in [0.2, 0.25) is 5.91 Å². The van der Waals surface area contributed by atoms with Crippen LogP contribution in [0.3, 0.4) is 0 Å². The first kappa shape index (κ1) is 19.6. The number of amides is 3. The number of benzene rings is 2. The summed E-state index contributed by atoms with van der Waals surface area (Å²) in [5, 5.41) is 0.777. The average Bonchev–Trinajstić information content (AvgIpc) is 2.99. The van der Waals surface area contributed by atoms with Gasteiger partial charge in [0.25, 0.3) is 11.8 Å². The largest absolute Gasteiger partial charge is 0.331 e. The lowest BCUT2D eigenvalue weighted by molar-refractivity contribution is -0.917. The van der Waals surface area contributed by atoms with E-state index >= 15 is 0 Å². The number of quaternary nitrogens is 1. The van der Waals surface area contributed by atoms with Crippen molar-refractivity contribution in [2.45, 2.75) is 13.0 Å². The minimum atomic E-state index is -0.313. The second kappa shape index (κ2) is 8.35. The first-order chi connectivity index (χ1) is 14.0. The van der Waals surface area contributed by atoms with Crippen LogP contribution in [0.25, 0.3) is 0 Å². The van der Waals surface area contributed by atoms with E-state index in [1.165, 1.54) is 9.80 Å². The Hall–Kier alpha value is -2.70. The Kier molecular flexibility index (Phi) is 5.65. The first-order valence-corrected chi connectivity index (χ1v) is 10.2. The third-order valence-corrected chi connectivity index (χ3v) is 6.02. The Morgan fingerprint density at radius 3 is 2.14 bits per heavy atom. The van der Waals surface area contributed by atoms with E-state index in [0.717, 1.165) is 30.2 Å². The summed E-state index contributed by atoms with van der Waals surface area (Å²) in [4.78, 5) is 41.8. The van der Waals surface area contributed by atoms with E-state index in [0.29, 0.717) is 24.2 Å². The molecule has 1 N–H and O–H groups in total. The summed E-state index contributed by atoms with van der Waals surface area (Å²) >= 11 is 6.25. The predicted molar refractivity (Wildman–Crippen MR) is 109 cm³/mol. The van der Waals surface area contributed by atoms with E-state index in [2.05, 4.69) is 0 Å². The Balaban J connectivity index is 1.27. The first-order valence-electron chi connectivity index (χ1n) is 9.84. The van der Waals surface area contributed by atoms with E-state index in [1.54, 1.807) is 24.3 Å². The van der Waals surface area contributed by atoms with E-state index < -0.39 is 0 Å². The summed E-state index contributed by atoms with van der Waals surface area (Å²) in [6.07, 6.45) is 0.158. The summed E-state index contributed by atoms with van der Waals surface area (Å²) in [5.74, 6) is -0.641. The van der Waals surface area contributed by atoms with Gasteiger partial charge in [-0.1, -0.05) is 41.9 Å². The molecular weight excluding hydrogens is 390 g/mol. The monoisotopic (exact) mass is 412 g/mol. The Labute approximate surface area is 174 Å². The molecule has 2 aliphatic heterocycles. The molecule has 1 saturated heterocycles. The number of piperazine rings is 1. The number of carbonyl (C=O) groups excluding carboxylic acids is 3. The van der Waals surface area contributed by atoms with Gasteiger partial charge in [-0.25, -0.2) is 0 Å². The van der Waals surface area contributed by atoms with Gasteiger partial charge in [0, 0.05) is 23.6 Å².